The van der Waals surface area contributed by atoms with Crippen LogP contribution >= 0.6 is 27.5 Å². The predicted molar refractivity (Wildman–Crippen MR) is 108 cm³/mol. The lowest BCUT2D eigenvalue weighted by molar-refractivity contribution is 0.102. The third-order valence-corrected chi connectivity index (χ3v) is 5.33. The zero-order chi connectivity index (χ0) is 18.0. The maximum atomic E-state index is 12.6. The van der Waals surface area contributed by atoms with Gasteiger partial charge in [-0.2, -0.15) is 0 Å². The first-order chi connectivity index (χ1) is 12.0. The van der Waals surface area contributed by atoms with Crippen LogP contribution in [0.15, 0.2) is 40.9 Å². The quantitative estimate of drug-likeness (QED) is 0.739. The second-order valence-corrected chi connectivity index (χ2v) is 7.38. The van der Waals surface area contributed by atoms with Crippen LogP contribution in [0.2, 0.25) is 5.02 Å². The van der Waals surface area contributed by atoms with Crippen molar-refractivity contribution >= 4 is 50.5 Å². The minimum atomic E-state index is -0.219. The molecule has 0 saturated carbocycles. The molecule has 1 heterocycles. The monoisotopic (exact) mass is 422 g/mol. The van der Waals surface area contributed by atoms with Crippen LogP contribution in [0.3, 0.4) is 0 Å². The molecule has 132 valence electrons. The van der Waals surface area contributed by atoms with E-state index in [1.54, 1.807) is 12.1 Å². The largest absolute Gasteiger partial charge is 0.397 e. The Morgan fingerprint density at radius 1 is 1.20 bits per heavy atom. The zero-order valence-corrected chi connectivity index (χ0v) is 16.3. The Kier molecular flexibility index (Phi) is 5.51. The molecule has 0 spiro atoms. The van der Waals surface area contributed by atoms with Gasteiger partial charge in [0.15, 0.2) is 0 Å². The highest BCUT2D eigenvalue weighted by atomic mass is 79.9. The van der Waals surface area contributed by atoms with Crippen molar-refractivity contribution < 1.29 is 4.79 Å². The van der Waals surface area contributed by atoms with Crippen molar-refractivity contribution in [3.63, 3.8) is 0 Å². The smallest absolute Gasteiger partial charge is 0.256 e. The van der Waals surface area contributed by atoms with Crippen molar-refractivity contribution in [1.82, 2.24) is 4.90 Å². The van der Waals surface area contributed by atoms with E-state index in [1.165, 1.54) is 0 Å². The Labute approximate surface area is 160 Å². The molecule has 3 N–H and O–H groups in total. The molecule has 2 aromatic rings. The number of rotatable bonds is 3. The fourth-order valence-corrected chi connectivity index (χ4v) is 3.51. The second kappa shape index (κ2) is 7.64. The molecule has 7 heteroatoms. The van der Waals surface area contributed by atoms with E-state index in [-0.39, 0.29) is 5.91 Å². The molecule has 0 aliphatic carbocycles. The van der Waals surface area contributed by atoms with Crippen LogP contribution in [-0.2, 0) is 0 Å². The lowest BCUT2D eigenvalue weighted by Crippen LogP contribution is -2.44. The van der Waals surface area contributed by atoms with Crippen LogP contribution < -0.4 is 16.0 Å². The molecular formula is C18H20BrClN4O. The van der Waals surface area contributed by atoms with Gasteiger partial charge in [0.05, 0.1) is 27.6 Å². The molecule has 0 aromatic heterocycles. The van der Waals surface area contributed by atoms with Gasteiger partial charge in [0.1, 0.15) is 0 Å². The number of piperazine rings is 1. The van der Waals surface area contributed by atoms with Crippen molar-refractivity contribution in [3.8, 4) is 0 Å². The van der Waals surface area contributed by atoms with Gasteiger partial charge in [0.25, 0.3) is 5.91 Å². The number of halogens is 2. The standard InChI is InChI=1S/C18H20BrClN4O/c1-23-6-8-24(9-7-23)17-11-16(14(20)10-15(17)21)22-18(25)12-4-2-3-5-13(12)19/h2-5,10-11H,6-9,21H2,1H3,(H,22,25). The SMILES string of the molecule is CN1CCN(c2cc(NC(=O)c3ccccc3Br)c(Cl)cc2N)CC1. The third-order valence-electron chi connectivity index (χ3n) is 4.33. The summed E-state index contributed by atoms with van der Waals surface area (Å²) in [6, 6.07) is 10.8. The molecule has 25 heavy (non-hydrogen) atoms. The second-order valence-electron chi connectivity index (χ2n) is 6.12. The summed E-state index contributed by atoms with van der Waals surface area (Å²) in [7, 11) is 2.10. The van der Waals surface area contributed by atoms with Gasteiger partial charge in [0, 0.05) is 30.7 Å². The van der Waals surface area contributed by atoms with Crippen LogP contribution in [-0.4, -0.2) is 44.0 Å². The number of benzene rings is 2. The molecule has 1 aliphatic heterocycles. The van der Waals surface area contributed by atoms with E-state index in [9.17, 15) is 4.79 Å². The number of likely N-dealkylation sites (N-methyl/N-ethyl adjacent to an activating group) is 1. The number of carbonyl (C=O) groups is 1. The number of carbonyl (C=O) groups excluding carboxylic acids is 1. The summed E-state index contributed by atoms with van der Waals surface area (Å²) in [5.41, 5.74) is 8.80. The lowest BCUT2D eigenvalue weighted by atomic mass is 10.1. The first-order valence-corrected chi connectivity index (χ1v) is 9.21. The van der Waals surface area contributed by atoms with Gasteiger partial charge in [-0.15, -0.1) is 0 Å². The van der Waals surface area contributed by atoms with E-state index in [1.807, 2.05) is 24.3 Å². The highest BCUT2D eigenvalue weighted by Gasteiger charge is 2.19. The molecule has 3 rings (SSSR count). The van der Waals surface area contributed by atoms with Gasteiger partial charge in [-0.1, -0.05) is 23.7 Å². The topological polar surface area (TPSA) is 61.6 Å². The number of nitrogen functional groups attached to an aromatic ring is 1. The summed E-state index contributed by atoms with van der Waals surface area (Å²) < 4.78 is 0.735. The Morgan fingerprint density at radius 3 is 2.56 bits per heavy atom. The van der Waals surface area contributed by atoms with Gasteiger partial charge >= 0.3 is 0 Å². The molecule has 0 unspecified atom stereocenters. The highest BCUT2D eigenvalue weighted by molar-refractivity contribution is 9.10. The maximum Gasteiger partial charge on any atom is 0.256 e. The number of nitrogens with zero attached hydrogens (tertiary/aromatic N) is 2. The van der Waals surface area contributed by atoms with Crippen LogP contribution in [0, 0.1) is 0 Å². The summed E-state index contributed by atoms with van der Waals surface area (Å²) in [4.78, 5) is 17.0. The average molecular weight is 424 g/mol. The average Bonchev–Trinajstić information content (AvgIpc) is 2.58. The van der Waals surface area contributed by atoms with E-state index in [0.29, 0.717) is 22.0 Å². The number of hydrogen-bond donors (Lipinski definition) is 2. The Morgan fingerprint density at radius 2 is 1.88 bits per heavy atom. The summed E-state index contributed by atoms with van der Waals surface area (Å²) in [5.74, 6) is -0.219. The molecule has 5 nitrogen and oxygen atoms in total. The predicted octanol–water partition coefficient (Wildman–Crippen LogP) is 3.69. The van der Waals surface area contributed by atoms with Crippen molar-refractivity contribution in [2.45, 2.75) is 0 Å². The summed E-state index contributed by atoms with van der Waals surface area (Å²) in [5, 5.41) is 3.32. The van der Waals surface area contributed by atoms with Crippen LogP contribution in [0.5, 0.6) is 0 Å². The van der Waals surface area contributed by atoms with Gasteiger partial charge in [-0.25, -0.2) is 0 Å². The molecule has 2 aromatic carbocycles. The van der Waals surface area contributed by atoms with E-state index in [0.717, 1.165) is 36.3 Å². The normalized spacial score (nSPS) is 15.2. The lowest BCUT2D eigenvalue weighted by Gasteiger charge is -2.35. The first-order valence-electron chi connectivity index (χ1n) is 8.04. The van der Waals surface area contributed by atoms with Crippen molar-refractivity contribution in [1.29, 1.82) is 0 Å². The summed E-state index contributed by atoms with van der Waals surface area (Å²) >= 11 is 9.70. The van der Waals surface area contributed by atoms with Crippen molar-refractivity contribution in [2.75, 3.05) is 49.2 Å². The molecule has 0 bridgehead atoms. The Bertz CT molecular complexity index is 791. The first kappa shape index (κ1) is 18.0. The fourth-order valence-electron chi connectivity index (χ4n) is 2.83. The highest BCUT2D eigenvalue weighted by Crippen LogP contribution is 2.34. The van der Waals surface area contributed by atoms with Crippen LogP contribution in [0.25, 0.3) is 0 Å². The molecular weight excluding hydrogens is 404 g/mol. The molecule has 1 saturated heterocycles. The number of amides is 1. The van der Waals surface area contributed by atoms with Crippen LogP contribution in [0.1, 0.15) is 10.4 Å². The van der Waals surface area contributed by atoms with Gasteiger partial charge < -0.3 is 20.9 Å². The summed E-state index contributed by atoms with van der Waals surface area (Å²) in [6.07, 6.45) is 0. The van der Waals surface area contributed by atoms with E-state index in [2.05, 4.69) is 38.1 Å². The Hall–Kier alpha value is -1.76. The van der Waals surface area contributed by atoms with Gasteiger partial charge in [-0.05, 0) is 47.2 Å². The fraction of sp³-hybridized carbons (Fsp3) is 0.278. The minimum absolute atomic E-state index is 0.219. The zero-order valence-electron chi connectivity index (χ0n) is 13.9. The minimum Gasteiger partial charge on any atom is -0.397 e. The third kappa shape index (κ3) is 4.08. The number of nitrogens with one attached hydrogen (secondary N) is 1. The number of nitrogens with two attached hydrogens (primary N) is 1. The molecule has 0 atom stereocenters. The molecule has 1 fully saturated rings. The number of anilines is 3. The Balaban J connectivity index is 1.85. The van der Waals surface area contributed by atoms with E-state index < -0.39 is 0 Å². The van der Waals surface area contributed by atoms with Crippen molar-refractivity contribution in [3.05, 3.63) is 51.5 Å². The molecule has 1 amide bonds. The van der Waals surface area contributed by atoms with E-state index in [4.69, 9.17) is 17.3 Å². The summed E-state index contributed by atoms with van der Waals surface area (Å²) in [6.45, 7) is 3.72. The van der Waals surface area contributed by atoms with Crippen molar-refractivity contribution in [2.24, 2.45) is 0 Å². The van der Waals surface area contributed by atoms with Crippen LogP contribution in [0.4, 0.5) is 17.1 Å². The van der Waals surface area contributed by atoms with E-state index >= 15 is 0 Å². The van der Waals surface area contributed by atoms with Gasteiger partial charge in [-0.3, -0.25) is 4.79 Å². The van der Waals surface area contributed by atoms with Gasteiger partial charge in [0.2, 0.25) is 0 Å². The molecule has 0 radical (unpaired) electrons. The maximum absolute atomic E-state index is 12.6. The number of hydrogen-bond acceptors (Lipinski definition) is 4. The molecule has 1 aliphatic rings.